The number of nitrogens with one attached hydrogen (secondary N) is 1. The standard InChI is InChI=1S/C21H22FN3O5/c22-15-2-4-16(5-3-15)25-13-18(30-21(25)27)12-24-20(26)14-1-6-19(23-11-14)29-17-7-9-28-10-8-17/h1-6,11,17-18H,7-10,12-13H2,(H,24,26). The van der Waals surface area contributed by atoms with E-state index >= 15 is 0 Å². The molecule has 0 radical (unpaired) electrons. The average Bonchev–Trinajstić information content (AvgIpc) is 3.14. The number of nitrogens with zero attached hydrogens (tertiary/aromatic N) is 2. The van der Waals surface area contributed by atoms with Crippen LogP contribution < -0.4 is 15.0 Å². The first-order chi connectivity index (χ1) is 14.6. The number of hydrogen-bond donors (Lipinski definition) is 1. The summed E-state index contributed by atoms with van der Waals surface area (Å²) in [5, 5.41) is 2.74. The molecule has 1 aromatic heterocycles. The maximum Gasteiger partial charge on any atom is 0.414 e. The predicted molar refractivity (Wildman–Crippen MR) is 105 cm³/mol. The Morgan fingerprint density at radius 2 is 1.97 bits per heavy atom. The largest absolute Gasteiger partial charge is 0.474 e. The van der Waals surface area contributed by atoms with Crippen molar-refractivity contribution in [2.24, 2.45) is 0 Å². The Hall–Kier alpha value is -3.20. The molecule has 4 rings (SSSR count). The lowest BCUT2D eigenvalue weighted by Gasteiger charge is -2.22. The molecule has 2 amide bonds. The second-order valence-electron chi connectivity index (χ2n) is 7.12. The zero-order valence-corrected chi connectivity index (χ0v) is 16.3. The summed E-state index contributed by atoms with van der Waals surface area (Å²) in [6.45, 7) is 1.77. The number of pyridine rings is 1. The van der Waals surface area contributed by atoms with Gasteiger partial charge in [0.2, 0.25) is 5.88 Å². The van der Waals surface area contributed by atoms with Gasteiger partial charge in [-0.3, -0.25) is 9.69 Å². The molecular formula is C21H22FN3O5. The monoisotopic (exact) mass is 415 g/mol. The number of benzene rings is 1. The van der Waals surface area contributed by atoms with Gasteiger partial charge in [-0.2, -0.15) is 0 Å². The fourth-order valence-electron chi connectivity index (χ4n) is 3.32. The fraction of sp³-hybridized carbons (Fsp3) is 0.381. The summed E-state index contributed by atoms with van der Waals surface area (Å²) in [6, 6.07) is 8.87. The molecule has 2 fully saturated rings. The Labute approximate surface area is 172 Å². The summed E-state index contributed by atoms with van der Waals surface area (Å²) < 4.78 is 29.4. The van der Waals surface area contributed by atoms with Crippen molar-refractivity contribution in [3.63, 3.8) is 0 Å². The summed E-state index contributed by atoms with van der Waals surface area (Å²) in [5.74, 6) is -0.234. The number of carbonyl (C=O) groups excluding carboxylic acids is 2. The third kappa shape index (κ3) is 4.85. The molecule has 0 spiro atoms. The Morgan fingerprint density at radius 1 is 1.20 bits per heavy atom. The molecule has 30 heavy (non-hydrogen) atoms. The quantitative estimate of drug-likeness (QED) is 0.780. The number of aromatic nitrogens is 1. The number of carbonyl (C=O) groups is 2. The van der Waals surface area contributed by atoms with Crippen LogP contribution in [0, 0.1) is 5.82 Å². The van der Waals surface area contributed by atoms with Gasteiger partial charge in [0.05, 0.1) is 31.9 Å². The van der Waals surface area contributed by atoms with Crippen molar-refractivity contribution in [2.75, 3.05) is 31.2 Å². The topological polar surface area (TPSA) is 90.0 Å². The molecule has 2 aliphatic rings. The normalized spacial score (nSPS) is 19.4. The second kappa shape index (κ2) is 9.08. The Morgan fingerprint density at radius 3 is 2.67 bits per heavy atom. The maximum atomic E-state index is 13.1. The van der Waals surface area contributed by atoms with Crippen molar-refractivity contribution in [1.29, 1.82) is 0 Å². The number of anilines is 1. The Bertz CT molecular complexity index is 885. The van der Waals surface area contributed by atoms with E-state index in [1.54, 1.807) is 12.1 Å². The first-order valence-electron chi connectivity index (χ1n) is 9.81. The van der Waals surface area contributed by atoms with Crippen LogP contribution in [0.4, 0.5) is 14.9 Å². The van der Waals surface area contributed by atoms with Crippen molar-refractivity contribution < 1.29 is 28.2 Å². The molecule has 1 atom stereocenters. The van der Waals surface area contributed by atoms with Crippen LogP contribution in [0.25, 0.3) is 0 Å². The van der Waals surface area contributed by atoms with Gasteiger partial charge in [0, 0.05) is 30.8 Å². The second-order valence-corrected chi connectivity index (χ2v) is 7.12. The first-order valence-corrected chi connectivity index (χ1v) is 9.81. The highest BCUT2D eigenvalue weighted by Crippen LogP contribution is 2.22. The highest BCUT2D eigenvalue weighted by Gasteiger charge is 2.32. The van der Waals surface area contributed by atoms with E-state index in [0.29, 0.717) is 30.3 Å². The summed E-state index contributed by atoms with van der Waals surface area (Å²) in [6.07, 6.45) is 2.13. The van der Waals surface area contributed by atoms with Crippen molar-refractivity contribution in [3.05, 3.63) is 54.0 Å². The van der Waals surface area contributed by atoms with Crippen molar-refractivity contribution in [3.8, 4) is 5.88 Å². The van der Waals surface area contributed by atoms with Gasteiger partial charge in [0.15, 0.2) is 0 Å². The molecule has 3 heterocycles. The first kappa shape index (κ1) is 20.1. The van der Waals surface area contributed by atoms with Crippen LogP contribution in [-0.2, 0) is 9.47 Å². The van der Waals surface area contributed by atoms with Gasteiger partial charge < -0.3 is 19.5 Å². The van der Waals surface area contributed by atoms with E-state index in [1.165, 1.54) is 35.4 Å². The lowest BCUT2D eigenvalue weighted by atomic mass is 10.1. The summed E-state index contributed by atoms with van der Waals surface area (Å²) in [4.78, 5) is 30.0. The summed E-state index contributed by atoms with van der Waals surface area (Å²) in [7, 11) is 0. The van der Waals surface area contributed by atoms with E-state index in [9.17, 15) is 14.0 Å². The molecule has 1 aromatic carbocycles. The molecule has 1 unspecified atom stereocenters. The molecule has 0 saturated carbocycles. The van der Waals surface area contributed by atoms with Crippen LogP contribution in [0.5, 0.6) is 5.88 Å². The predicted octanol–water partition coefficient (Wildman–Crippen LogP) is 2.53. The minimum atomic E-state index is -0.530. The van der Waals surface area contributed by atoms with E-state index in [4.69, 9.17) is 14.2 Å². The minimum Gasteiger partial charge on any atom is -0.474 e. The van der Waals surface area contributed by atoms with E-state index in [1.807, 2.05) is 0 Å². The zero-order chi connectivity index (χ0) is 20.9. The zero-order valence-electron chi connectivity index (χ0n) is 16.3. The number of halogens is 1. The highest BCUT2D eigenvalue weighted by molar-refractivity contribution is 5.94. The van der Waals surface area contributed by atoms with E-state index < -0.39 is 12.2 Å². The third-order valence-corrected chi connectivity index (χ3v) is 4.96. The molecule has 9 heteroatoms. The lowest BCUT2D eigenvalue weighted by molar-refractivity contribution is 0.0237. The van der Waals surface area contributed by atoms with E-state index in [2.05, 4.69) is 10.3 Å². The molecule has 2 aliphatic heterocycles. The minimum absolute atomic E-state index is 0.0760. The fourth-order valence-corrected chi connectivity index (χ4v) is 3.32. The number of ether oxygens (including phenoxy) is 3. The van der Waals surface area contributed by atoms with Gasteiger partial charge in [-0.05, 0) is 30.3 Å². The van der Waals surface area contributed by atoms with Crippen LogP contribution in [0.15, 0.2) is 42.6 Å². The van der Waals surface area contributed by atoms with Gasteiger partial charge >= 0.3 is 6.09 Å². The van der Waals surface area contributed by atoms with Crippen LogP contribution in [-0.4, -0.2) is 55.5 Å². The number of hydrogen-bond acceptors (Lipinski definition) is 6. The highest BCUT2D eigenvalue weighted by atomic mass is 19.1. The van der Waals surface area contributed by atoms with Crippen LogP contribution in [0.2, 0.25) is 0 Å². The summed E-state index contributed by atoms with van der Waals surface area (Å²) in [5.41, 5.74) is 0.925. The SMILES string of the molecule is O=C(NCC1CN(c2ccc(F)cc2)C(=O)O1)c1ccc(OC2CCOCC2)nc1. The molecule has 158 valence electrons. The van der Waals surface area contributed by atoms with Crippen LogP contribution in [0.1, 0.15) is 23.2 Å². The van der Waals surface area contributed by atoms with Crippen molar-refractivity contribution in [2.45, 2.75) is 25.0 Å². The average molecular weight is 415 g/mol. The Balaban J connectivity index is 1.27. The smallest absolute Gasteiger partial charge is 0.414 e. The van der Waals surface area contributed by atoms with Crippen LogP contribution in [0.3, 0.4) is 0 Å². The maximum absolute atomic E-state index is 13.1. The van der Waals surface area contributed by atoms with Gasteiger partial charge in [-0.25, -0.2) is 14.2 Å². The molecule has 0 aliphatic carbocycles. The molecule has 2 aromatic rings. The van der Waals surface area contributed by atoms with Crippen molar-refractivity contribution in [1.82, 2.24) is 10.3 Å². The molecule has 2 saturated heterocycles. The molecule has 1 N–H and O–H groups in total. The van der Waals surface area contributed by atoms with Crippen molar-refractivity contribution >= 4 is 17.7 Å². The summed E-state index contributed by atoms with van der Waals surface area (Å²) >= 11 is 0. The molecule has 8 nitrogen and oxygen atoms in total. The molecular weight excluding hydrogens is 393 g/mol. The number of cyclic esters (lactones) is 1. The molecule has 0 bridgehead atoms. The number of amides is 2. The third-order valence-electron chi connectivity index (χ3n) is 4.96. The van der Waals surface area contributed by atoms with E-state index in [0.717, 1.165) is 12.8 Å². The van der Waals surface area contributed by atoms with Gasteiger partial charge in [-0.15, -0.1) is 0 Å². The van der Waals surface area contributed by atoms with E-state index in [-0.39, 0.29) is 30.9 Å². The Kier molecular flexibility index (Phi) is 6.08. The lowest BCUT2D eigenvalue weighted by Crippen LogP contribution is -2.34. The van der Waals surface area contributed by atoms with Gasteiger partial charge in [0.1, 0.15) is 18.0 Å². The van der Waals surface area contributed by atoms with Gasteiger partial charge in [0.25, 0.3) is 5.91 Å². The number of rotatable bonds is 6. The van der Waals surface area contributed by atoms with Gasteiger partial charge in [-0.1, -0.05) is 0 Å². The van der Waals surface area contributed by atoms with Crippen LogP contribution >= 0.6 is 0 Å².